The summed E-state index contributed by atoms with van der Waals surface area (Å²) in [4.78, 5) is 65.2. The summed E-state index contributed by atoms with van der Waals surface area (Å²) in [5.41, 5.74) is 16.9. The van der Waals surface area contributed by atoms with Crippen molar-refractivity contribution in [3.05, 3.63) is 83.9 Å². The molecule has 0 amide bonds. The maximum Gasteiger partial charge on any atom is 0.350 e. The number of nitrogens with one attached hydrogen (secondary N) is 1. The largest absolute Gasteiger partial charge is 0.508 e. The molecule has 0 aliphatic carbocycles. The van der Waals surface area contributed by atoms with Crippen molar-refractivity contribution in [3.63, 3.8) is 0 Å². The highest BCUT2D eigenvalue weighted by atomic mass is 35.5. The summed E-state index contributed by atoms with van der Waals surface area (Å²) in [7, 11) is -7.91. The summed E-state index contributed by atoms with van der Waals surface area (Å²) in [5.74, 6) is 0.238. The number of imidazole rings is 2. The van der Waals surface area contributed by atoms with E-state index in [0.717, 1.165) is 6.42 Å². The monoisotopic (exact) mass is 1120 g/mol. The second kappa shape index (κ2) is 29.6. The van der Waals surface area contributed by atoms with Gasteiger partial charge in [0.05, 0.1) is 51.2 Å². The number of nitrogens with zero attached hydrogens (tertiary/aromatic N) is 8. The minimum atomic E-state index is -4.16. The van der Waals surface area contributed by atoms with E-state index in [1.54, 1.807) is 98.6 Å². The third kappa shape index (κ3) is 22.4. The van der Waals surface area contributed by atoms with Crippen LogP contribution in [0.15, 0.2) is 73.8 Å². The van der Waals surface area contributed by atoms with E-state index in [2.05, 4.69) is 35.0 Å². The van der Waals surface area contributed by atoms with Crippen molar-refractivity contribution in [1.82, 2.24) is 44.1 Å². The Balaban J connectivity index is 0.000000397. The van der Waals surface area contributed by atoms with E-state index in [4.69, 9.17) is 78.8 Å². The number of hydrogen-bond donors (Lipinski definition) is 7. The molecule has 2 aromatic carbocycles. The Morgan fingerprint density at radius 2 is 1.14 bits per heavy atom. The Hall–Kier alpha value is -5.23. The molecule has 29 heteroatoms. The summed E-state index contributed by atoms with van der Waals surface area (Å²) in [6, 6.07) is 12.8. The molecule has 0 fully saturated rings. The number of carbonyl (C=O) groups excluding carboxylic acids is 2. The van der Waals surface area contributed by atoms with Crippen molar-refractivity contribution in [2.45, 2.75) is 105 Å². The van der Waals surface area contributed by atoms with Crippen LogP contribution < -0.4 is 26.8 Å². The maximum absolute atomic E-state index is 13.9. The molecule has 0 bridgehead atoms. The number of aromatic hydroxyl groups is 1. The van der Waals surface area contributed by atoms with Crippen LogP contribution in [0.3, 0.4) is 0 Å². The van der Waals surface area contributed by atoms with Crippen molar-refractivity contribution < 1.29 is 57.1 Å². The van der Waals surface area contributed by atoms with Gasteiger partial charge in [-0.2, -0.15) is 0 Å². The fourth-order valence-corrected chi connectivity index (χ4v) is 8.31. The number of halogens is 3. The Labute approximate surface area is 439 Å². The second-order valence-electron chi connectivity index (χ2n) is 17.0. The molecule has 73 heavy (non-hydrogen) atoms. The lowest BCUT2D eigenvalue weighted by molar-refractivity contribution is -0.150. The van der Waals surface area contributed by atoms with Gasteiger partial charge in [-0.25, -0.2) is 35.0 Å². The predicted molar refractivity (Wildman–Crippen MR) is 280 cm³/mol. The van der Waals surface area contributed by atoms with Crippen LogP contribution in [0.4, 0.5) is 11.6 Å². The van der Waals surface area contributed by atoms with Gasteiger partial charge in [0, 0.05) is 10.0 Å². The van der Waals surface area contributed by atoms with Crippen LogP contribution in [0.5, 0.6) is 11.5 Å². The molecule has 404 valence electrons. The fourth-order valence-electron chi connectivity index (χ4n) is 5.59. The van der Waals surface area contributed by atoms with Crippen LogP contribution >= 0.6 is 50.7 Å². The highest BCUT2D eigenvalue weighted by molar-refractivity contribution is 7.57. The average molecular weight is 1120 g/mol. The number of nitrogen functional groups attached to an aromatic ring is 2. The number of fused-ring (bicyclic) bond motifs is 2. The smallest absolute Gasteiger partial charge is 0.350 e. The molecule has 4 heterocycles. The number of phenols is 1. The van der Waals surface area contributed by atoms with E-state index in [1.165, 1.54) is 19.0 Å². The number of hydrogen-bond acceptors (Lipinski definition) is 19. The topological polar surface area (TPSA) is 352 Å². The van der Waals surface area contributed by atoms with Gasteiger partial charge in [0.15, 0.2) is 22.9 Å². The third-order valence-electron chi connectivity index (χ3n) is 9.08. The molecule has 0 saturated carbocycles. The highest BCUT2D eigenvalue weighted by Crippen LogP contribution is 2.46. The van der Waals surface area contributed by atoms with Crippen molar-refractivity contribution in [3.8, 4) is 11.5 Å². The lowest BCUT2D eigenvalue weighted by Gasteiger charge is -2.30. The van der Waals surface area contributed by atoms with Gasteiger partial charge in [-0.1, -0.05) is 37.0 Å². The molecule has 0 aliphatic rings. The average Bonchev–Trinajstić information content (AvgIpc) is 3.92. The predicted octanol–water partition coefficient (Wildman–Crippen LogP) is 7.11. The SMILES string of the molecule is CCCOC(=O)C(C)(C)N.CCCOC(=O)C(C)(C)NP(=O)(CO[C@H](C)Cn1cnc2c(N)ncnc21)Oc1ccc(Cl)cc1.C[C@H](Cn1cnc2c(N)ncnc21)OCP(=O)(O)O.Cl.Oc1ccc(Cl)cc1. The molecule has 0 spiro atoms. The van der Waals surface area contributed by atoms with Crippen LogP contribution in [0.25, 0.3) is 22.3 Å². The van der Waals surface area contributed by atoms with Gasteiger partial charge in [-0.15, -0.1) is 12.4 Å². The lowest BCUT2D eigenvalue weighted by atomic mass is 10.1. The van der Waals surface area contributed by atoms with Gasteiger partial charge < -0.3 is 64.7 Å². The van der Waals surface area contributed by atoms with Crippen LogP contribution in [-0.2, 0) is 50.8 Å². The first-order valence-electron chi connectivity index (χ1n) is 22.2. The van der Waals surface area contributed by atoms with Gasteiger partial charge >= 0.3 is 27.1 Å². The maximum atomic E-state index is 13.9. The van der Waals surface area contributed by atoms with E-state index in [1.807, 2.05) is 20.8 Å². The lowest BCUT2D eigenvalue weighted by Crippen LogP contribution is -2.47. The molecule has 0 saturated heterocycles. The Kier molecular flexibility index (Phi) is 25.9. The van der Waals surface area contributed by atoms with Crippen molar-refractivity contribution >= 4 is 96.6 Å². The standard InChI is InChI=1S/C22H30ClN6O5P.C9H14N5O4P.C7H15NO2.C6H5ClO.ClH/c1-5-10-32-21(30)22(3,4)28-35(31,34-17-8-6-16(23)7-9-17)14-33-15(2)11-29-13-27-18-19(24)25-12-26-20(18)29;1-6(18-5-19(15,16)17)2-14-4-13-7-8(10)11-3-12-9(7)14;1-4-5-10-6(9)7(2,3)8;7-5-1-3-6(8)4-2-5;/h6-9,12-13,15H,5,10-11,14H2,1-4H3,(H,28,31)(H2,24,25,26);3-4,6H,2,5H2,1H3,(H2,10,11,12)(H2,15,16,17);4-5,8H2,1-3H3;1-4,8H;1H/t15-,35?;6-;;;/m11.../s1. The van der Waals surface area contributed by atoms with E-state index in [-0.39, 0.29) is 48.7 Å². The third-order valence-corrected chi connectivity index (χ3v) is 12.0. The molecule has 1 unspecified atom stereocenters. The van der Waals surface area contributed by atoms with E-state index in [0.29, 0.717) is 64.2 Å². The molecule has 6 aromatic rings. The molecular formula is C44H65Cl3N12O12P2. The number of anilines is 2. The minimum Gasteiger partial charge on any atom is -0.508 e. The Bertz CT molecular complexity index is 2720. The van der Waals surface area contributed by atoms with E-state index < -0.39 is 50.7 Å². The van der Waals surface area contributed by atoms with Crippen LogP contribution in [-0.4, -0.2) is 115 Å². The number of rotatable bonds is 20. The van der Waals surface area contributed by atoms with Crippen LogP contribution in [0, 0.1) is 0 Å². The first-order valence-corrected chi connectivity index (χ1v) is 26.5. The van der Waals surface area contributed by atoms with Gasteiger partial charge in [-0.3, -0.25) is 18.7 Å². The summed E-state index contributed by atoms with van der Waals surface area (Å²) in [6.07, 6.45) is 5.57. The number of nitrogens with two attached hydrogens (primary N) is 3. The Morgan fingerprint density at radius 1 is 0.712 bits per heavy atom. The summed E-state index contributed by atoms with van der Waals surface area (Å²) < 4.78 is 54.9. The van der Waals surface area contributed by atoms with E-state index >= 15 is 0 Å². The van der Waals surface area contributed by atoms with Gasteiger partial charge in [-0.05, 0) is 103 Å². The highest BCUT2D eigenvalue weighted by Gasteiger charge is 2.39. The summed E-state index contributed by atoms with van der Waals surface area (Å²) in [5, 5.41) is 12.7. The zero-order valence-electron chi connectivity index (χ0n) is 41.6. The summed E-state index contributed by atoms with van der Waals surface area (Å²) >= 11 is 11.5. The normalized spacial score (nSPS) is 13.1. The Morgan fingerprint density at radius 3 is 1.55 bits per heavy atom. The molecule has 0 aliphatic heterocycles. The molecule has 24 nitrogen and oxygen atoms in total. The fraction of sp³-hybridized carbons (Fsp3) is 0.455. The summed E-state index contributed by atoms with van der Waals surface area (Å²) in [6.45, 7) is 15.2. The number of aromatic nitrogens is 8. The van der Waals surface area contributed by atoms with Crippen LogP contribution in [0.2, 0.25) is 10.0 Å². The first-order chi connectivity index (χ1) is 33.7. The number of ether oxygens (including phenoxy) is 4. The van der Waals surface area contributed by atoms with Crippen LogP contribution in [0.1, 0.15) is 68.2 Å². The van der Waals surface area contributed by atoms with Crippen molar-refractivity contribution in [2.75, 3.05) is 37.4 Å². The van der Waals surface area contributed by atoms with Gasteiger partial charge in [0.1, 0.15) is 59.0 Å². The number of benzene rings is 2. The number of phenolic OH excluding ortho intramolecular Hbond substituents is 1. The number of esters is 2. The quantitative estimate of drug-likeness (QED) is 0.0296. The zero-order valence-corrected chi connectivity index (χ0v) is 45.7. The zero-order chi connectivity index (χ0) is 53.9. The number of carbonyl (C=O) groups is 2. The molecular weight excluding hydrogens is 1060 g/mol. The van der Waals surface area contributed by atoms with Crippen molar-refractivity contribution in [1.29, 1.82) is 0 Å². The van der Waals surface area contributed by atoms with Gasteiger partial charge in [0.2, 0.25) is 0 Å². The second-order valence-corrected chi connectivity index (χ2v) is 21.4. The molecule has 10 N–H and O–H groups in total. The molecule has 3 atom stereocenters. The molecule has 4 aromatic heterocycles. The first kappa shape index (κ1) is 63.9. The van der Waals surface area contributed by atoms with Crippen molar-refractivity contribution in [2.24, 2.45) is 5.73 Å². The van der Waals surface area contributed by atoms with E-state index in [9.17, 15) is 18.7 Å². The molecule has 0 radical (unpaired) electrons. The minimum absolute atomic E-state index is 0. The molecule has 6 rings (SSSR count). The van der Waals surface area contributed by atoms with Gasteiger partial charge in [0.25, 0.3) is 0 Å².